The first-order valence-electron chi connectivity index (χ1n) is 10.9. The highest BCUT2D eigenvalue weighted by molar-refractivity contribution is 9.10. The van der Waals surface area contributed by atoms with Gasteiger partial charge in [0.1, 0.15) is 16.9 Å². The number of benzene rings is 1. The highest BCUT2D eigenvalue weighted by Crippen LogP contribution is 2.28. The maximum absolute atomic E-state index is 13.4. The fourth-order valence-corrected chi connectivity index (χ4v) is 4.02. The molecule has 2 N–H and O–H groups in total. The van der Waals surface area contributed by atoms with Crippen molar-refractivity contribution in [1.29, 1.82) is 0 Å². The number of nitrogens with one attached hydrogen (secondary N) is 2. The zero-order valence-corrected chi connectivity index (χ0v) is 23.8. The topological polar surface area (TPSA) is 154 Å². The number of carbonyl (C=O) groups is 4. The number of hydrogen-bond acceptors (Lipinski definition) is 9. The predicted molar refractivity (Wildman–Crippen MR) is 143 cm³/mol. The highest BCUT2D eigenvalue weighted by Gasteiger charge is 2.29. The Hall–Kier alpha value is -3.72. The standard InChI is InChI=1S/C23H21BrCl2N6O7/c1-12-9-13(25)10-14(20(33)30-32(22(35)38-3)23(36)39-8-7-37-2)18(12)28-21(34)16-11-17(24)29-31(16)19-15(26)5-4-6-27-19/h4-6,9-11H,7-8H2,1-3H3,(H,28,34)(H,30,33). The minimum absolute atomic E-state index is 0.0288. The number of pyridine rings is 1. The lowest BCUT2D eigenvalue weighted by Gasteiger charge is -2.21. The molecule has 3 aromatic rings. The zero-order chi connectivity index (χ0) is 28.7. The molecule has 3 rings (SSSR count). The second kappa shape index (κ2) is 13.4. The van der Waals surface area contributed by atoms with Crippen LogP contribution in [-0.4, -0.2) is 71.2 Å². The van der Waals surface area contributed by atoms with Crippen molar-refractivity contribution in [3.8, 4) is 5.82 Å². The average Bonchev–Trinajstić information content (AvgIpc) is 3.29. The van der Waals surface area contributed by atoms with Crippen LogP contribution in [0, 0.1) is 6.92 Å². The summed E-state index contributed by atoms with van der Waals surface area (Å²) < 4.78 is 15.8. The van der Waals surface area contributed by atoms with Crippen molar-refractivity contribution in [3.05, 3.63) is 68.0 Å². The molecule has 206 valence electrons. The van der Waals surface area contributed by atoms with E-state index in [1.54, 1.807) is 19.1 Å². The maximum Gasteiger partial charge on any atom is 0.439 e. The smallest absolute Gasteiger partial charge is 0.439 e. The minimum atomic E-state index is -1.23. The summed E-state index contributed by atoms with van der Waals surface area (Å²) in [4.78, 5) is 55.3. The van der Waals surface area contributed by atoms with Gasteiger partial charge in [0.25, 0.3) is 11.8 Å². The average molecular weight is 644 g/mol. The van der Waals surface area contributed by atoms with E-state index in [1.165, 1.54) is 36.2 Å². The molecule has 39 heavy (non-hydrogen) atoms. The molecule has 2 aromatic heterocycles. The van der Waals surface area contributed by atoms with Crippen molar-refractivity contribution in [3.63, 3.8) is 0 Å². The second-order valence-electron chi connectivity index (χ2n) is 7.53. The normalized spacial score (nSPS) is 10.5. The number of aryl methyl sites for hydroxylation is 1. The van der Waals surface area contributed by atoms with Crippen LogP contribution in [0.25, 0.3) is 5.82 Å². The number of anilines is 1. The zero-order valence-electron chi connectivity index (χ0n) is 20.7. The van der Waals surface area contributed by atoms with Crippen LogP contribution in [0.4, 0.5) is 15.3 Å². The van der Waals surface area contributed by atoms with E-state index in [2.05, 4.69) is 41.5 Å². The summed E-state index contributed by atoms with van der Waals surface area (Å²) in [5, 5.41) is 7.50. The molecule has 16 heteroatoms. The predicted octanol–water partition coefficient (Wildman–Crippen LogP) is 4.39. The summed E-state index contributed by atoms with van der Waals surface area (Å²) in [7, 11) is 2.40. The van der Waals surface area contributed by atoms with E-state index < -0.39 is 24.0 Å². The second-order valence-corrected chi connectivity index (χ2v) is 9.18. The summed E-state index contributed by atoms with van der Waals surface area (Å²) >= 11 is 15.7. The lowest BCUT2D eigenvalue weighted by atomic mass is 10.1. The molecule has 0 aliphatic heterocycles. The summed E-state index contributed by atoms with van der Waals surface area (Å²) in [6.45, 7) is 1.45. The fraction of sp³-hybridized carbons (Fsp3) is 0.217. The molecule has 0 aliphatic rings. The Kier molecular flexibility index (Phi) is 10.2. The Bertz CT molecular complexity index is 1420. The van der Waals surface area contributed by atoms with E-state index in [4.69, 9.17) is 32.7 Å². The van der Waals surface area contributed by atoms with Crippen LogP contribution < -0.4 is 10.7 Å². The van der Waals surface area contributed by atoms with Gasteiger partial charge in [-0.3, -0.25) is 9.59 Å². The lowest BCUT2D eigenvalue weighted by Crippen LogP contribution is -2.50. The van der Waals surface area contributed by atoms with Gasteiger partial charge in [-0.15, -0.1) is 5.01 Å². The van der Waals surface area contributed by atoms with Crippen molar-refractivity contribution >= 4 is 68.8 Å². The minimum Gasteiger partial charge on any atom is -0.451 e. The van der Waals surface area contributed by atoms with Crippen LogP contribution in [0.1, 0.15) is 26.4 Å². The number of amides is 4. The molecule has 0 spiro atoms. The molecule has 0 aliphatic carbocycles. The largest absolute Gasteiger partial charge is 0.451 e. The highest BCUT2D eigenvalue weighted by atomic mass is 79.9. The van der Waals surface area contributed by atoms with Gasteiger partial charge in [0.15, 0.2) is 5.82 Å². The molecule has 13 nitrogen and oxygen atoms in total. The van der Waals surface area contributed by atoms with Gasteiger partial charge in [-0.25, -0.2) is 24.7 Å². The molecule has 0 unspecified atom stereocenters. The Labute approximate surface area is 240 Å². The quantitative estimate of drug-likeness (QED) is 0.282. The number of methoxy groups -OCH3 is 2. The summed E-state index contributed by atoms with van der Waals surface area (Å²) in [5.74, 6) is -1.47. The van der Waals surface area contributed by atoms with Gasteiger partial charge in [0.2, 0.25) is 0 Å². The van der Waals surface area contributed by atoms with E-state index in [0.29, 0.717) is 10.2 Å². The molecule has 0 fully saturated rings. The van der Waals surface area contributed by atoms with Crippen LogP contribution in [0.2, 0.25) is 10.0 Å². The number of ether oxygens (including phenoxy) is 3. The van der Waals surface area contributed by atoms with Crippen molar-refractivity contribution in [2.45, 2.75) is 6.92 Å². The van der Waals surface area contributed by atoms with Gasteiger partial charge in [0.05, 0.1) is 30.0 Å². The lowest BCUT2D eigenvalue weighted by molar-refractivity contribution is 0.0470. The van der Waals surface area contributed by atoms with Crippen LogP contribution >= 0.6 is 39.1 Å². The maximum atomic E-state index is 13.4. The number of hydrazine groups is 1. The van der Waals surface area contributed by atoms with E-state index >= 15 is 0 Å². The molecular weight excluding hydrogens is 623 g/mol. The van der Waals surface area contributed by atoms with Crippen LogP contribution in [0.3, 0.4) is 0 Å². The molecule has 2 heterocycles. The monoisotopic (exact) mass is 642 g/mol. The van der Waals surface area contributed by atoms with Gasteiger partial charge in [-0.1, -0.05) is 23.2 Å². The molecule has 1 aromatic carbocycles. The van der Waals surface area contributed by atoms with Gasteiger partial charge >= 0.3 is 12.2 Å². The number of carbonyl (C=O) groups excluding carboxylic acids is 4. The van der Waals surface area contributed by atoms with Crippen molar-refractivity contribution < 1.29 is 33.4 Å². The van der Waals surface area contributed by atoms with Gasteiger partial charge in [-0.2, -0.15) is 5.10 Å². The molecule has 0 bridgehead atoms. The number of hydrogen-bond donors (Lipinski definition) is 2. The van der Waals surface area contributed by atoms with Gasteiger partial charge < -0.3 is 19.5 Å². The molecule has 4 amide bonds. The van der Waals surface area contributed by atoms with E-state index in [0.717, 1.165) is 7.11 Å². The number of imide groups is 1. The van der Waals surface area contributed by atoms with Crippen LogP contribution in [0.15, 0.2) is 41.1 Å². The molecule has 0 atom stereocenters. The van der Waals surface area contributed by atoms with Crippen LogP contribution in [-0.2, 0) is 14.2 Å². The van der Waals surface area contributed by atoms with Crippen molar-refractivity contribution in [2.24, 2.45) is 0 Å². The Balaban J connectivity index is 1.94. The third-order valence-corrected chi connectivity index (χ3v) is 5.80. The number of aromatic nitrogens is 3. The number of nitrogens with zero attached hydrogens (tertiary/aromatic N) is 4. The summed E-state index contributed by atoms with van der Waals surface area (Å²) in [6.07, 6.45) is -0.967. The van der Waals surface area contributed by atoms with Crippen LogP contribution in [0.5, 0.6) is 0 Å². The number of rotatable bonds is 7. The van der Waals surface area contributed by atoms with Gasteiger partial charge in [0, 0.05) is 24.4 Å². The first-order valence-corrected chi connectivity index (χ1v) is 12.4. The van der Waals surface area contributed by atoms with Crippen molar-refractivity contribution in [2.75, 3.05) is 32.8 Å². The summed E-state index contributed by atoms with van der Waals surface area (Å²) in [6, 6.07) is 7.39. The van der Waals surface area contributed by atoms with E-state index in [-0.39, 0.29) is 51.0 Å². The van der Waals surface area contributed by atoms with E-state index in [1.807, 2.05) is 0 Å². The molecule has 0 radical (unpaired) electrons. The molecular formula is C23H21BrCl2N6O7. The SMILES string of the molecule is COCCOC(=O)N(NC(=O)c1cc(Cl)cc(C)c1NC(=O)c1cc(Br)nn1-c1ncccc1Cl)C(=O)OC. The summed E-state index contributed by atoms with van der Waals surface area (Å²) in [5.41, 5.74) is 2.40. The Morgan fingerprint density at radius 2 is 1.82 bits per heavy atom. The molecule has 0 saturated heterocycles. The first kappa shape index (κ1) is 29.8. The number of halogens is 3. The van der Waals surface area contributed by atoms with Crippen molar-refractivity contribution in [1.82, 2.24) is 25.2 Å². The fourth-order valence-electron chi connectivity index (χ4n) is 3.17. The first-order chi connectivity index (χ1) is 18.6. The third-order valence-electron chi connectivity index (χ3n) is 4.90. The Morgan fingerprint density at radius 3 is 2.49 bits per heavy atom. The third kappa shape index (κ3) is 7.23. The van der Waals surface area contributed by atoms with Gasteiger partial charge in [-0.05, 0) is 52.7 Å². The molecule has 0 saturated carbocycles. The van der Waals surface area contributed by atoms with E-state index in [9.17, 15) is 19.2 Å². The Morgan fingerprint density at radius 1 is 1.08 bits per heavy atom.